The number of imidazole rings is 1. The molecule has 0 aliphatic carbocycles. The second-order valence-electron chi connectivity index (χ2n) is 3.52. The maximum Gasteiger partial charge on any atom is 0.165 e. The van der Waals surface area contributed by atoms with E-state index in [1.54, 1.807) is 6.33 Å². The zero-order valence-corrected chi connectivity index (χ0v) is 10.2. The van der Waals surface area contributed by atoms with Gasteiger partial charge in [0.1, 0.15) is 22.7 Å². The Bertz CT molecular complexity index is 549. The summed E-state index contributed by atoms with van der Waals surface area (Å²) in [5.41, 5.74) is 1.08. The van der Waals surface area contributed by atoms with Crippen molar-refractivity contribution in [2.45, 2.75) is 10.8 Å². The highest BCUT2D eigenvalue weighted by Gasteiger charge is 2.28. The molecule has 8 heteroatoms. The van der Waals surface area contributed by atoms with E-state index in [9.17, 15) is 0 Å². The van der Waals surface area contributed by atoms with Crippen LogP contribution in [0.25, 0.3) is 11.2 Å². The Hall–Kier alpha value is -0.890. The number of fused-ring (bicyclic) bond motifs is 1. The van der Waals surface area contributed by atoms with Gasteiger partial charge in [-0.05, 0) is 0 Å². The van der Waals surface area contributed by atoms with E-state index in [4.69, 9.17) is 21.4 Å². The summed E-state index contributed by atoms with van der Waals surface area (Å²) in [6.45, 7) is 0.520. The van der Waals surface area contributed by atoms with Gasteiger partial charge in [-0.2, -0.15) is 0 Å². The Morgan fingerprint density at radius 1 is 1.53 bits per heavy atom. The summed E-state index contributed by atoms with van der Waals surface area (Å²) in [6, 6.07) is 0. The number of aliphatic hydroxyl groups excluding tert-OH is 1. The van der Waals surface area contributed by atoms with Crippen LogP contribution in [-0.2, 0) is 4.74 Å². The number of nitrogens with zero attached hydrogens (tertiary/aromatic N) is 4. The molecule has 2 unspecified atom stereocenters. The molecule has 0 radical (unpaired) electrons. The molecule has 2 aromatic heterocycles. The summed E-state index contributed by atoms with van der Waals surface area (Å²) in [6.07, 6.45) is 3.08. The molecule has 1 aliphatic rings. The molecule has 0 amide bonds. The Kier molecular flexibility index (Phi) is 2.91. The molecule has 1 aliphatic heterocycles. The molecule has 1 N–H and O–H groups in total. The highest BCUT2D eigenvalue weighted by molar-refractivity contribution is 8.00. The van der Waals surface area contributed by atoms with Crippen molar-refractivity contribution in [3.8, 4) is 0 Å². The average Bonchev–Trinajstić information content (AvgIpc) is 2.94. The van der Waals surface area contributed by atoms with Crippen LogP contribution in [0.5, 0.6) is 0 Å². The minimum absolute atomic E-state index is 0.00351. The lowest BCUT2D eigenvalue weighted by Crippen LogP contribution is -2.05. The van der Waals surface area contributed by atoms with Crippen molar-refractivity contribution in [2.24, 2.45) is 0 Å². The van der Waals surface area contributed by atoms with Crippen molar-refractivity contribution in [2.75, 3.05) is 13.2 Å². The predicted octanol–water partition coefficient (Wildman–Crippen LogP) is 1.06. The number of rotatable bonds is 2. The van der Waals surface area contributed by atoms with Gasteiger partial charge in [-0.1, -0.05) is 11.6 Å². The fourth-order valence-electron chi connectivity index (χ4n) is 1.72. The van der Waals surface area contributed by atoms with Gasteiger partial charge >= 0.3 is 0 Å². The van der Waals surface area contributed by atoms with Gasteiger partial charge in [0, 0.05) is 0 Å². The summed E-state index contributed by atoms with van der Waals surface area (Å²) in [5.74, 6) is 0. The van der Waals surface area contributed by atoms with Crippen molar-refractivity contribution >= 4 is 34.5 Å². The molecule has 0 aromatic carbocycles. The van der Waals surface area contributed by atoms with E-state index >= 15 is 0 Å². The van der Waals surface area contributed by atoms with Crippen molar-refractivity contribution in [3.63, 3.8) is 0 Å². The van der Waals surface area contributed by atoms with Crippen LogP contribution in [-0.4, -0.2) is 43.3 Å². The van der Waals surface area contributed by atoms with E-state index in [2.05, 4.69) is 15.0 Å². The van der Waals surface area contributed by atoms with Gasteiger partial charge in [-0.25, -0.2) is 15.0 Å². The molecule has 0 saturated carbocycles. The lowest BCUT2D eigenvalue weighted by molar-refractivity contribution is 0.0810. The lowest BCUT2D eigenvalue weighted by Gasteiger charge is -2.09. The number of hydrogen-bond acceptors (Lipinski definition) is 6. The summed E-state index contributed by atoms with van der Waals surface area (Å²) in [4.78, 5) is 12.2. The van der Waals surface area contributed by atoms with Gasteiger partial charge in [-0.3, -0.25) is 4.57 Å². The van der Waals surface area contributed by atoms with Crippen LogP contribution in [0.15, 0.2) is 12.7 Å². The smallest absolute Gasteiger partial charge is 0.165 e. The van der Waals surface area contributed by atoms with E-state index in [1.807, 2.05) is 4.57 Å². The maximum atomic E-state index is 9.02. The first kappa shape index (κ1) is 11.2. The quantitative estimate of drug-likeness (QED) is 0.824. The van der Waals surface area contributed by atoms with Gasteiger partial charge in [0.05, 0.1) is 19.5 Å². The van der Waals surface area contributed by atoms with E-state index < -0.39 is 0 Å². The van der Waals surface area contributed by atoms with Gasteiger partial charge < -0.3 is 9.84 Å². The van der Waals surface area contributed by atoms with Crippen LogP contribution in [0.1, 0.15) is 5.37 Å². The fourth-order valence-corrected chi connectivity index (χ4v) is 2.93. The minimum atomic E-state index is -0.185. The Morgan fingerprint density at radius 3 is 3.18 bits per heavy atom. The van der Waals surface area contributed by atoms with Crippen molar-refractivity contribution in [1.82, 2.24) is 19.5 Å². The Labute approximate surface area is 106 Å². The topological polar surface area (TPSA) is 73.1 Å². The molecule has 1 saturated heterocycles. The zero-order valence-electron chi connectivity index (χ0n) is 8.65. The summed E-state index contributed by atoms with van der Waals surface area (Å²) in [7, 11) is 0. The number of halogens is 1. The summed E-state index contributed by atoms with van der Waals surface area (Å²) >= 11 is 7.46. The number of hydrogen-bond donors (Lipinski definition) is 1. The molecule has 2 atom stereocenters. The monoisotopic (exact) mass is 272 g/mol. The third-order valence-corrected chi connectivity index (χ3v) is 4.05. The number of aliphatic hydroxyl groups is 1. The predicted molar refractivity (Wildman–Crippen MR) is 63.8 cm³/mol. The third-order valence-electron chi connectivity index (χ3n) is 2.51. The molecule has 1 fully saturated rings. The Morgan fingerprint density at radius 2 is 2.41 bits per heavy atom. The molecule has 3 rings (SSSR count). The van der Waals surface area contributed by atoms with Crippen LogP contribution in [0.2, 0.25) is 5.15 Å². The zero-order chi connectivity index (χ0) is 11.8. The molecule has 6 nitrogen and oxygen atoms in total. The molecule has 0 spiro atoms. The Balaban J connectivity index is 1.99. The largest absolute Gasteiger partial charge is 0.393 e. The van der Waals surface area contributed by atoms with Crippen molar-refractivity contribution < 1.29 is 9.84 Å². The fraction of sp³-hybridized carbons (Fsp3) is 0.444. The molecule has 90 valence electrons. The maximum absolute atomic E-state index is 9.02. The third kappa shape index (κ3) is 1.89. The normalized spacial score (nSPS) is 24.6. The van der Waals surface area contributed by atoms with Gasteiger partial charge in [0.2, 0.25) is 0 Å². The van der Waals surface area contributed by atoms with E-state index in [0.717, 1.165) is 0 Å². The lowest BCUT2D eigenvalue weighted by atomic mass is 10.5. The van der Waals surface area contributed by atoms with Crippen LogP contribution in [0, 0.1) is 0 Å². The molecule has 17 heavy (non-hydrogen) atoms. The molecule has 0 bridgehead atoms. The number of aromatic nitrogens is 4. The second kappa shape index (κ2) is 4.41. The highest BCUT2D eigenvalue weighted by atomic mass is 35.5. The summed E-state index contributed by atoms with van der Waals surface area (Å²) < 4.78 is 7.30. The molecular formula is C9H9ClN4O2S. The first-order chi connectivity index (χ1) is 8.29. The first-order valence-corrected chi connectivity index (χ1v) is 6.32. The van der Waals surface area contributed by atoms with E-state index in [1.165, 1.54) is 18.1 Å². The number of thioether (sulfide) groups is 1. The van der Waals surface area contributed by atoms with Crippen molar-refractivity contribution in [3.05, 3.63) is 17.8 Å². The molecule has 2 aromatic rings. The van der Waals surface area contributed by atoms with Gasteiger partial charge in [0.25, 0.3) is 0 Å². The molecule has 3 heterocycles. The van der Waals surface area contributed by atoms with E-state index in [-0.39, 0.29) is 17.4 Å². The van der Waals surface area contributed by atoms with Crippen LogP contribution >= 0.6 is 23.4 Å². The average molecular weight is 273 g/mol. The van der Waals surface area contributed by atoms with Gasteiger partial charge in [-0.15, -0.1) is 11.8 Å². The standard InChI is InChI=1S/C9H9ClN4O2S/c10-8-7-9(12-3-11-8)14(4-13-7)5-2-16-6(1-15)17-5/h3-6,15H,1-2H2. The van der Waals surface area contributed by atoms with Gasteiger partial charge in [0.15, 0.2) is 10.8 Å². The van der Waals surface area contributed by atoms with E-state index in [0.29, 0.717) is 22.9 Å². The highest BCUT2D eigenvalue weighted by Crippen LogP contribution is 2.36. The van der Waals surface area contributed by atoms with Crippen molar-refractivity contribution in [1.29, 1.82) is 0 Å². The van der Waals surface area contributed by atoms with Crippen LogP contribution in [0.3, 0.4) is 0 Å². The molecular weight excluding hydrogens is 264 g/mol. The van der Waals surface area contributed by atoms with Crippen LogP contribution < -0.4 is 0 Å². The summed E-state index contributed by atoms with van der Waals surface area (Å²) in [5, 5.41) is 9.42. The SMILES string of the molecule is OCC1OCC(n2cnc3c(Cl)ncnc32)S1. The second-order valence-corrected chi connectivity index (χ2v) is 5.22. The number of ether oxygens (including phenoxy) is 1. The van der Waals surface area contributed by atoms with Crippen LogP contribution in [0.4, 0.5) is 0 Å². The minimum Gasteiger partial charge on any atom is -0.393 e. The first-order valence-electron chi connectivity index (χ1n) is 5.00.